The fraction of sp³-hybridized carbons (Fsp3) is 0.475. The summed E-state index contributed by atoms with van der Waals surface area (Å²) in [4.78, 5) is 35.6. The summed E-state index contributed by atoms with van der Waals surface area (Å²) in [5.74, 6) is 7.18. The highest BCUT2D eigenvalue weighted by Crippen LogP contribution is 2.36. The molecule has 0 saturated heterocycles. The van der Waals surface area contributed by atoms with Crippen molar-refractivity contribution in [2.45, 2.75) is 254 Å². The van der Waals surface area contributed by atoms with Crippen molar-refractivity contribution >= 4 is 50.8 Å². The summed E-state index contributed by atoms with van der Waals surface area (Å²) in [5.41, 5.74) is 8.91. The minimum Gasteiger partial charge on any atom is -0.469 e. The minimum absolute atomic E-state index is 0.152. The Bertz CT molecular complexity index is 4240. The number of amides is 1. The normalized spacial score (nSPS) is 15.3. The van der Waals surface area contributed by atoms with Crippen LogP contribution in [-0.4, -0.2) is 120 Å². The molecule has 0 aliphatic heterocycles. The third-order valence-corrected chi connectivity index (χ3v) is 22.7. The molecule has 1 saturated carbocycles. The van der Waals surface area contributed by atoms with Gasteiger partial charge in [-0.15, -0.1) is 11.3 Å². The largest absolute Gasteiger partial charge is 0.469 e. The van der Waals surface area contributed by atoms with E-state index in [0.29, 0.717) is 91.6 Å². The van der Waals surface area contributed by atoms with Crippen LogP contribution in [0.1, 0.15) is 258 Å². The van der Waals surface area contributed by atoms with E-state index in [1.165, 1.54) is 52.5 Å². The zero-order valence-corrected chi connectivity index (χ0v) is 77.3. The summed E-state index contributed by atoms with van der Waals surface area (Å²) in [6.45, 7) is 35.2. The number of ketones is 1. The summed E-state index contributed by atoms with van der Waals surface area (Å²) in [6.07, 6.45) is 11.4. The second-order valence-corrected chi connectivity index (χ2v) is 32.3. The SMILES string of the molecule is CCC(C)c1ccc(OC(C)OCCOC(=O)Nc2ccccc2)cc1.CCC(C)c1ccc(OC(C)OCCOC(C)=O)c(Br)c1.CCC(C)c1ccc(OC(C)OCCOC2CCC(c3ccccc3)CC2)cc1.CCC(C)c1ccc(OC(C)OCCc2ccco2)cc1.CCC(C)c1ccc(OC(C)OCCc2cccs2)c(C(=O)CO)c1. The molecule has 21 heteroatoms. The lowest BCUT2D eigenvalue weighted by atomic mass is 9.83. The van der Waals surface area contributed by atoms with Crippen molar-refractivity contribution in [2.24, 2.45) is 0 Å². The molecule has 10 rings (SSSR count). The van der Waals surface area contributed by atoms with Gasteiger partial charge in [-0.05, 0) is 274 Å². The first-order valence-corrected chi connectivity index (χ1v) is 45.2. The molecule has 19 nitrogen and oxygen atoms in total. The van der Waals surface area contributed by atoms with Crippen LogP contribution in [0, 0.1) is 0 Å². The van der Waals surface area contributed by atoms with Gasteiger partial charge in [-0.2, -0.15) is 0 Å². The topological polar surface area (TPSA) is 217 Å². The lowest BCUT2D eigenvalue weighted by Crippen LogP contribution is -2.24. The van der Waals surface area contributed by atoms with Crippen LogP contribution in [0.4, 0.5) is 10.5 Å². The second kappa shape index (κ2) is 58.3. The molecule has 0 radical (unpaired) electrons. The average molecular weight is 1760 g/mol. The number of para-hydroxylation sites is 1. The molecular weight excluding hydrogens is 1630 g/mol. The summed E-state index contributed by atoms with van der Waals surface area (Å²) >= 11 is 5.23. The van der Waals surface area contributed by atoms with Crippen molar-refractivity contribution in [3.8, 4) is 28.7 Å². The molecule has 0 bridgehead atoms. The number of carbonyl (C=O) groups excluding carboxylic acids is 3. The van der Waals surface area contributed by atoms with Crippen LogP contribution >= 0.6 is 27.3 Å². The second-order valence-electron chi connectivity index (χ2n) is 30.4. The predicted molar refractivity (Wildman–Crippen MR) is 491 cm³/mol. The molecule has 666 valence electrons. The fourth-order valence-corrected chi connectivity index (χ4v) is 14.0. The first-order valence-electron chi connectivity index (χ1n) is 43.5. The van der Waals surface area contributed by atoms with E-state index < -0.39 is 31.6 Å². The van der Waals surface area contributed by atoms with Crippen LogP contribution in [0.3, 0.4) is 0 Å². The number of rotatable bonds is 45. The van der Waals surface area contributed by atoms with Crippen molar-refractivity contribution in [3.63, 3.8) is 0 Å². The summed E-state index contributed by atoms with van der Waals surface area (Å²) < 4.78 is 79.0. The Balaban J connectivity index is 0.000000237. The average Bonchev–Trinajstić information content (AvgIpc) is 0.892. The van der Waals surface area contributed by atoms with Crippen LogP contribution in [0.2, 0.25) is 0 Å². The highest BCUT2D eigenvalue weighted by molar-refractivity contribution is 9.10. The van der Waals surface area contributed by atoms with Crippen molar-refractivity contribution in [1.82, 2.24) is 0 Å². The number of aliphatic hydroxyl groups excluding tert-OH is 1. The van der Waals surface area contributed by atoms with Gasteiger partial charge in [0.15, 0.2) is 37.2 Å². The van der Waals surface area contributed by atoms with Crippen LogP contribution in [0.5, 0.6) is 28.7 Å². The highest BCUT2D eigenvalue weighted by Gasteiger charge is 2.24. The number of anilines is 1. The van der Waals surface area contributed by atoms with Crippen molar-refractivity contribution in [3.05, 3.63) is 260 Å². The Labute approximate surface area is 739 Å². The van der Waals surface area contributed by atoms with Gasteiger partial charge < -0.3 is 71.1 Å². The molecule has 0 spiro atoms. The monoisotopic (exact) mass is 1760 g/mol. The number of aliphatic hydroxyl groups is 1. The molecule has 2 aromatic heterocycles. The quantitative estimate of drug-likeness (QED) is 0.0157. The maximum absolute atomic E-state index is 12.1. The zero-order valence-electron chi connectivity index (χ0n) is 74.9. The number of halogens is 1. The van der Waals surface area contributed by atoms with Gasteiger partial charge in [0.25, 0.3) is 0 Å². The summed E-state index contributed by atoms with van der Waals surface area (Å²) in [5, 5.41) is 13.9. The maximum Gasteiger partial charge on any atom is 0.411 e. The van der Waals surface area contributed by atoms with E-state index >= 15 is 0 Å². The van der Waals surface area contributed by atoms with Gasteiger partial charge in [0, 0.05) is 30.3 Å². The van der Waals surface area contributed by atoms with Gasteiger partial charge in [-0.25, -0.2) is 4.79 Å². The van der Waals surface area contributed by atoms with Crippen molar-refractivity contribution < 1.29 is 85.5 Å². The van der Waals surface area contributed by atoms with Gasteiger partial charge >= 0.3 is 12.1 Å². The number of Topliss-reactive ketones (excluding diaryl/α,β-unsaturated/α-hetero) is 1. The van der Waals surface area contributed by atoms with Gasteiger partial charge in [0.05, 0.1) is 62.0 Å². The Kier molecular flexibility index (Phi) is 48.7. The Hall–Kier alpha value is -8.87. The Morgan fingerprint density at radius 2 is 0.869 bits per heavy atom. The smallest absolute Gasteiger partial charge is 0.411 e. The number of furan rings is 1. The first-order chi connectivity index (χ1) is 58.9. The Morgan fingerprint density at radius 3 is 1.32 bits per heavy atom. The summed E-state index contributed by atoms with van der Waals surface area (Å²) in [6, 6.07) is 64.3. The predicted octanol–water partition coefficient (Wildman–Crippen LogP) is 25.3. The fourth-order valence-electron chi connectivity index (χ4n) is 12.8. The van der Waals surface area contributed by atoms with E-state index in [4.69, 9.17) is 66.0 Å². The molecule has 10 atom stereocenters. The standard InChI is InChI=1S/C26H36O3.C21H27NO4.C20H26O4S.C18H24O3.C16H23BrO4/c1-4-20(2)22-10-16-26(17-11-22)29-21(3)27-18-19-28-25-14-12-24(13-15-25)23-8-6-5-7-9-23;1-4-16(2)18-10-12-20(13-11-18)26-17(3)24-14-15-25-21(23)22-19-8-6-5-7-9-19;1-4-14(2)16-7-8-20(18(12-16)19(22)13-21)24-15(3)23-10-9-17-6-5-11-25-17;1-4-14(2)16-7-9-18(10-8-16)21-15(3)19-13-11-17-6-5-12-20-17;1-5-11(2)14-6-7-16(15(17)10-14)21-13(4)20-9-8-19-12(3)18/h5-11,16-17,20-21,24-25H,4,12-15,18-19H2,1-3H3;5-13,16-17H,4,14-15H2,1-3H3,(H,22,23);5-8,11-12,14-15,21H,4,9-10,13H2,1-3H3;5-10,12,14-15H,4,11,13H2,1-3H3;6-7,10-11,13H,5,8-9H2,1-4H3. The van der Waals surface area contributed by atoms with Gasteiger partial charge in [-0.3, -0.25) is 14.9 Å². The van der Waals surface area contributed by atoms with Gasteiger partial charge in [-0.1, -0.05) is 172 Å². The number of nitrogens with one attached hydrogen (secondary N) is 1. The van der Waals surface area contributed by atoms with Crippen molar-refractivity contribution in [1.29, 1.82) is 0 Å². The molecule has 7 aromatic carbocycles. The van der Waals surface area contributed by atoms with Gasteiger partial charge in [0.2, 0.25) is 0 Å². The van der Waals surface area contributed by atoms with Crippen LogP contribution < -0.4 is 29.0 Å². The molecule has 1 aliphatic rings. The number of benzene rings is 7. The number of thiophene rings is 1. The number of ether oxygens (including phenoxy) is 13. The lowest BCUT2D eigenvalue weighted by Gasteiger charge is -2.29. The zero-order chi connectivity index (χ0) is 88.4. The highest BCUT2D eigenvalue weighted by atomic mass is 79.9. The van der Waals surface area contributed by atoms with E-state index in [0.717, 1.165) is 96.6 Å². The summed E-state index contributed by atoms with van der Waals surface area (Å²) in [7, 11) is 0. The van der Waals surface area contributed by atoms with Crippen LogP contribution in [-0.2, 0) is 55.5 Å². The van der Waals surface area contributed by atoms with E-state index in [1.807, 2.05) is 131 Å². The van der Waals surface area contributed by atoms with Crippen LogP contribution in [0.15, 0.2) is 215 Å². The molecule has 2 heterocycles. The number of hydrogen-bond acceptors (Lipinski definition) is 19. The molecule has 1 amide bonds. The molecule has 2 N–H and O–H groups in total. The first kappa shape index (κ1) is 102. The molecule has 1 aliphatic carbocycles. The van der Waals surface area contributed by atoms with Crippen molar-refractivity contribution in [2.75, 3.05) is 64.8 Å². The molecule has 1 fully saturated rings. The van der Waals surface area contributed by atoms with Crippen LogP contribution in [0.25, 0.3) is 0 Å². The Morgan fingerprint density at radius 1 is 0.443 bits per heavy atom. The number of carbonyl (C=O) groups is 3. The molecule has 10 unspecified atom stereocenters. The molecular formula is C101H136BrNO18S. The molecule has 9 aromatic rings. The number of esters is 1. The number of hydrogen-bond donors (Lipinski definition) is 2. The molecule has 122 heavy (non-hydrogen) atoms. The third-order valence-electron chi connectivity index (χ3n) is 21.2. The van der Waals surface area contributed by atoms with E-state index in [1.54, 1.807) is 35.8 Å². The van der Waals surface area contributed by atoms with E-state index in [-0.39, 0.29) is 44.2 Å². The van der Waals surface area contributed by atoms with E-state index in [9.17, 15) is 19.5 Å². The van der Waals surface area contributed by atoms with Gasteiger partial charge in [0.1, 0.15) is 54.3 Å². The maximum atomic E-state index is 12.1. The van der Waals surface area contributed by atoms with E-state index in [2.05, 4.69) is 175 Å². The lowest BCUT2D eigenvalue weighted by molar-refractivity contribution is -0.145. The third kappa shape index (κ3) is 39.8. The minimum atomic E-state index is -0.534.